The van der Waals surface area contributed by atoms with Crippen LogP contribution in [0, 0.1) is 11.2 Å². The Morgan fingerprint density at radius 3 is 2.85 bits per heavy atom. The Morgan fingerprint density at radius 2 is 2.15 bits per heavy atom. The van der Waals surface area contributed by atoms with Gasteiger partial charge in [-0.15, -0.1) is 0 Å². The average molecular weight is 276 g/mol. The molecule has 3 rings (SSSR count). The molecule has 2 aliphatic rings. The Bertz CT molecular complexity index is 437. The lowest BCUT2D eigenvalue weighted by Gasteiger charge is -2.33. The van der Waals surface area contributed by atoms with Crippen LogP contribution in [-0.2, 0) is 6.42 Å². The van der Waals surface area contributed by atoms with Gasteiger partial charge in [-0.05, 0) is 61.9 Å². The molecule has 2 unspecified atom stereocenters. The standard InChI is InChI=1S/C17H25FN2/c1-17(8-9-19-12-17)13-20-10-2-3-16(20)11-14-4-6-15(18)7-5-14/h4-7,16,19H,2-3,8-13H2,1H3. The molecule has 2 saturated heterocycles. The van der Waals surface area contributed by atoms with Gasteiger partial charge >= 0.3 is 0 Å². The van der Waals surface area contributed by atoms with Crippen LogP contribution in [0.4, 0.5) is 4.39 Å². The maximum absolute atomic E-state index is 13.0. The normalized spacial score (nSPS) is 31.0. The molecule has 20 heavy (non-hydrogen) atoms. The molecule has 2 atom stereocenters. The topological polar surface area (TPSA) is 15.3 Å². The van der Waals surface area contributed by atoms with Gasteiger partial charge in [-0.25, -0.2) is 4.39 Å². The number of benzene rings is 1. The van der Waals surface area contributed by atoms with Gasteiger partial charge in [-0.2, -0.15) is 0 Å². The van der Waals surface area contributed by atoms with Crippen LogP contribution >= 0.6 is 0 Å². The van der Waals surface area contributed by atoms with E-state index in [9.17, 15) is 4.39 Å². The summed E-state index contributed by atoms with van der Waals surface area (Å²) < 4.78 is 13.0. The second kappa shape index (κ2) is 5.82. The highest BCUT2D eigenvalue weighted by atomic mass is 19.1. The van der Waals surface area contributed by atoms with Crippen molar-refractivity contribution in [3.63, 3.8) is 0 Å². The molecular weight excluding hydrogens is 251 g/mol. The molecule has 2 nitrogen and oxygen atoms in total. The fraction of sp³-hybridized carbons (Fsp3) is 0.647. The van der Waals surface area contributed by atoms with Gasteiger partial charge in [0.25, 0.3) is 0 Å². The molecule has 0 bridgehead atoms. The monoisotopic (exact) mass is 276 g/mol. The minimum Gasteiger partial charge on any atom is -0.316 e. The second-order valence-electron chi connectivity index (χ2n) is 6.83. The molecule has 0 spiro atoms. The van der Waals surface area contributed by atoms with Gasteiger partial charge in [0.05, 0.1) is 0 Å². The molecule has 0 radical (unpaired) electrons. The number of halogens is 1. The maximum atomic E-state index is 13.0. The Morgan fingerprint density at radius 1 is 1.35 bits per heavy atom. The number of nitrogens with zero attached hydrogens (tertiary/aromatic N) is 1. The van der Waals surface area contributed by atoms with Gasteiger partial charge in [0.15, 0.2) is 0 Å². The summed E-state index contributed by atoms with van der Waals surface area (Å²) in [4.78, 5) is 2.66. The number of hydrogen-bond donors (Lipinski definition) is 1. The first-order valence-electron chi connectivity index (χ1n) is 7.84. The molecule has 2 fully saturated rings. The van der Waals surface area contributed by atoms with Crippen molar-refractivity contribution < 1.29 is 4.39 Å². The maximum Gasteiger partial charge on any atom is 0.123 e. The van der Waals surface area contributed by atoms with Crippen molar-refractivity contribution in [1.29, 1.82) is 0 Å². The minimum absolute atomic E-state index is 0.137. The van der Waals surface area contributed by atoms with Gasteiger partial charge in [0.1, 0.15) is 5.82 Å². The average Bonchev–Trinajstić information content (AvgIpc) is 3.03. The van der Waals surface area contributed by atoms with Crippen LogP contribution in [0.25, 0.3) is 0 Å². The van der Waals surface area contributed by atoms with Gasteiger partial charge in [0.2, 0.25) is 0 Å². The smallest absolute Gasteiger partial charge is 0.123 e. The number of nitrogens with one attached hydrogen (secondary N) is 1. The number of rotatable bonds is 4. The first-order valence-corrected chi connectivity index (χ1v) is 7.84. The van der Waals surface area contributed by atoms with Crippen LogP contribution in [0.15, 0.2) is 24.3 Å². The summed E-state index contributed by atoms with van der Waals surface area (Å²) in [6, 6.07) is 7.67. The van der Waals surface area contributed by atoms with E-state index in [1.54, 1.807) is 12.1 Å². The zero-order valence-electron chi connectivity index (χ0n) is 12.4. The molecule has 1 aromatic rings. The van der Waals surface area contributed by atoms with Crippen molar-refractivity contribution in [3.8, 4) is 0 Å². The Labute approximate surface area is 121 Å². The lowest BCUT2D eigenvalue weighted by Crippen LogP contribution is -2.41. The van der Waals surface area contributed by atoms with E-state index in [4.69, 9.17) is 0 Å². The van der Waals surface area contributed by atoms with Crippen LogP contribution in [0.3, 0.4) is 0 Å². The van der Waals surface area contributed by atoms with Crippen LogP contribution in [0.1, 0.15) is 31.7 Å². The molecule has 1 aromatic carbocycles. The predicted molar refractivity (Wildman–Crippen MR) is 80.3 cm³/mol. The molecule has 0 saturated carbocycles. The summed E-state index contributed by atoms with van der Waals surface area (Å²) in [5.74, 6) is -0.137. The number of hydrogen-bond acceptors (Lipinski definition) is 2. The van der Waals surface area contributed by atoms with Crippen molar-refractivity contribution in [2.45, 2.75) is 38.6 Å². The minimum atomic E-state index is -0.137. The van der Waals surface area contributed by atoms with Crippen LogP contribution in [0.5, 0.6) is 0 Å². The first kappa shape index (κ1) is 14.0. The molecule has 2 heterocycles. The molecule has 0 amide bonds. The van der Waals surface area contributed by atoms with Gasteiger partial charge in [-0.1, -0.05) is 19.1 Å². The SMILES string of the molecule is CC1(CN2CCCC2Cc2ccc(F)cc2)CCNC1. The summed E-state index contributed by atoms with van der Waals surface area (Å²) in [5.41, 5.74) is 1.70. The zero-order valence-corrected chi connectivity index (χ0v) is 12.4. The fourth-order valence-corrected chi connectivity index (χ4v) is 3.72. The molecule has 2 aliphatic heterocycles. The highest BCUT2D eigenvalue weighted by Crippen LogP contribution is 2.30. The van der Waals surface area contributed by atoms with Gasteiger partial charge < -0.3 is 5.32 Å². The molecule has 0 aromatic heterocycles. The summed E-state index contributed by atoms with van der Waals surface area (Å²) >= 11 is 0. The van der Waals surface area contributed by atoms with E-state index < -0.39 is 0 Å². The largest absolute Gasteiger partial charge is 0.316 e. The third kappa shape index (κ3) is 3.21. The molecule has 1 N–H and O–H groups in total. The third-order valence-electron chi connectivity index (χ3n) is 4.93. The fourth-order valence-electron chi connectivity index (χ4n) is 3.72. The molecular formula is C17H25FN2. The van der Waals surface area contributed by atoms with E-state index in [0.29, 0.717) is 11.5 Å². The Kier molecular flexibility index (Phi) is 4.08. The van der Waals surface area contributed by atoms with E-state index in [-0.39, 0.29) is 5.82 Å². The molecule has 0 aliphatic carbocycles. The van der Waals surface area contributed by atoms with Crippen molar-refractivity contribution in [1.82, 2.24) is 10.2 Å². The summed E-state index contributed by atoms with van der Waals surface area (Å²) in [6.07, 6.45) is 4.92. The summed E-state index contributed by atoms with van der Waals surface area (Å²) in [6.45, 7) is 7.13. The second-order valence-corrected chi connectivity index (χ2v) is 6.83. The van der Waals surface area contributed by atoms with Gasteiger partial charge in [0, 0.05) is 19.1 Å². The van der Waals surface area contributed by atoms with Gasteiger partial charge in [-0.3, -0.25) is 4.90 Å². The summed E-state index contributed by atoms with van der Waals surface area (Å²) in [7, 11) is 0. The van der Waals surface area contributed by atoms with E-state index in [1.165, 1.54) is 37.9 Å². The Balaban J connectivity index is 1.62. The molecule has 110 valence electrons. The predicted octanol–water partition coefficient (Wildman–Crippen LogP) is 2.83. The van der Waals surface area contributed by atoms with E-state index >= 15 is 0 Å². The zero-order chi connectivity index (χ0) is 14.0. The van der Waals surface area contributed by atoms with E-state index in [2.05, 4.69) is 17.1 Å². The Hall–Kier alpha value is -0.930. The van der Waals surface area contributed by atoms with Crippen molar-refractivity contribution in [2.24, 2.45) is 5.41 Å². The lowest BCUT2D eigenvalue weighted by atomic mass is 9.88. The third-order valence-corrected chi connectivity index (χ3v) is 4.93. The first-order chi connectivity index (χ1) is 9.65. The highest BCUT2D eigenvalue weighted by molar-refractivity contribution is 5.17. The van der Waals surface area contributed by atoms with Crippen molar-refractivity contribution in [3.05, 3.63) is 35.6 Å². The lowest BCUT2D eigenvalue weighted by molar-refractivity contribution is 0.164. The van der Waals surface area contributed by atoms with E-state index in [1.807, 2.05) is 12.1 Å². The van der Waals surface area contributed by atoms with Crippen LogP contribution in [-0.4, -0.2) is 37.1 Å². The van der Waals surface area contributed by atoms with Crippen LogP contribution < -0.4 is 5.32 Å². The summed E-state index contributed by atoms with van der Waals surface area (Å²) in [5, 5.41) is 3.49. The van der Waals surface area contributed by atoms with Crippen molar-refractivity contribution in [2.75, 3.05) is 26.2 Å². The van der Waals surface area contributed by atoms with Crippen LogP contribution in [0.2, 0.25) is 0 Å². The quantitative estimate of drug-likeness (QED) is 0.909. The molecule has 3 heteroatoms. The number of likely N-dealkylation sites (tertiary alicyclic amines) is 1. The highest BCUT2D eigenvalue weighted by Gasteiger charge is 2.34. The van der Waals surface area contributed by atoms with E-state index in [0.717, 1.165) is 19.5 Å². The van der Waals surface area contributed by atoms with Crippen molar-refractivity contribution >= 4 is 0 Å².